The molecule has 3 saturated heterocycles. The van der Waals surface area contributed by atoms with Gasteiger partial charge in [0.2, 0.25) is 0 Å². The van der Waals surface area contributed by atoms with Crippen LogP contribution >= 0.6 is 0 Å². The molecule has 1 amide bonds. The number of hydrogen-bond donors (Lipinski definition) is 0. The maximum atomic E-state index is 12.5. The summed E-state index contributed by atoms with van der Waals surface area (Å²) in [6, 6.07) is 8.98. The van der Waals surface area contributed by atoms with E-state index in [-0.39, 0.29) is 5.91 Å². The SMILES string of the molecule is O=C(c1ccc(N2CCC(N3CCCC3)CC2)cc1)N1CCOCC1. The summed E-state index contributed by atoms with van der Waals surface area (Å²) < 4.78 is 5.33. The lowest BCUT2D eigenvalue weighted by atomic mass is 10.0. The first-order valence-electron chi connectivity index (χ1n) is 9.77. The molecule has 0 spiro atoms. The van der Waals surface area contributed by atoms with Gasteiger partial charge in [-0.25, -0.2) is 0 Å². The predicted molar refractivity (Wildman–Crippen MR) is 99.2 cm³/mol. The van der Waals surface area contributed by atoms with Gasteiger partial charge in [-0.15, -0.1) is 0 Å². The molecule has 3 aliphatic heterocycles. The Kier molecular flexibility index (Phi) is 5.22. The zero-order valence-corrected chi connectivity index (χ0v) is 15.0. The number of carbonyl (C=O) groups excluding carboxylic acids is 1. The van der Waals surface area contributed by atoms with Crippen molar-refractivity contribution in [2.24, 2.45) is 0 Å². The van der Waals surface area contributed by atoms with Gasteiger partial charge in [0.05, 0.1) is 13.2 Å². The molecule has 0 N–H and O–H groups in total. The smallest absolute Gasteiger partial charge is 0.254 e. The summed E-state index contributed by atoms with van der Waals surface area (Å²) in [5.74, 6) is 0.127. The van der Waals surface area contributed by atoms with E-state index < -0.39 is 0 Å². The van der Waals surface area contributed by atoms with Crippen LogP contribution in [-0.4, -0.2) is 74.2 Å². The summed E-state index contributed by atoms with van der Waals surface area (Å²) in [5.41, 5.74) is 2.04. The molecule has 0 unspecified atom stereocenters. The van der Waals surface area contributed by atoms with E-state index in [2.05, 4.69) is 21.9 Å². The summed E-state index contributed by atoms with van der Waals surface area (Å²) in [7, 11) is 0. The number of rotatable bonds is 3. The Morgan fingerprint density at radius 1 is 0.880 bits per heavy atom. The Bertz CT molecular complexity index is 569. The van der Waals surface area contributed by atoms with Gasteiger partial charge in [-0.3, -0.25) is 4.79 Å². The molecular weight excluding hydrogens is 314 g/mol. The number of anilines is 1. The van der Waals surface area contributed by atoms with Crippen LogP contribution in [0.1, 0.15) is 36.0 Å². The van der Waals surface area contributed by atoms with E-state index in [1.54, 1.807) is 0 Å². The zero-order chi connectivity index (χ0) is 17.1. The number of likely N-dealkylation sites (tertiary alicyclic amines) is 1. The third kappa shape index (κ3) is 3.82. The van der Waals surface area contributed by atoms with Crippen LogP contribution in [0.2, 0.25) is 0 Å². The Morgan fingerprint density at radius 2 is 1.52 bits per heavy atom. The number of benzene rings is 1. The fourth-order valence-corrected chi connectivity index (χ4v) is 4.36. The average molecular weight is 343 g/mol. The molecular formula is C20H29N3O2. The normalized spacial score (nSPS) is 23.2. The lowest BCUT2D eigenvalue weighted by Gasteiger charge is -2.37. The Morgan fingerprint density at radius 3 is 2.16 bits per heavy atom. The van der Waals surface area contributed by atoms with Crippen LogP contribution in [0.5, 0.6) is 0 Å². The molecule has 4 rings (SSSR count). The van der Waals surface area contributed by atoms with Gasteiger partial charge in [-0.1, -0.05) is 0 Å². The van der Waals surface area contributed by atoms with Gasteiger partial charge < -0.3 is 19.4 Å². The van der Waals surface area contributed by atoms with Crippen LogP contribution in [0, 0.1) is 0 Å². The van der Waals surface area contributed by atoms with Crippen molar-refractivity contribution < 1.29 is 9.53 Å². The topological polar surface area (TPSA) is 36.0 Å². The molecule has 3 fully saturated rings. The van der Waals surface area contributed by atoms with Gasteiger partial charge in [-0.05, 0) is 63.0 Å². The van der Waals surface area contributed by atoms with Gasteiger partial charge in [0, 0.05) is 43.5 Å². The molecule has 0 radical (unpaired) electrons. The molecule has 5 nitrogen and oxygen atoms in total. The number of amides is 1. The number of nitrogens with zero attached hydrogens (tertiary/aromatic N) is 3. The van der Waals surface area contributed by atoms with Crippen molar-refractivity contribution in [2.75, 3.05) is 57.4 Å². The molecule has 0 bridgehead atoms. The van der Waals surface area contributed by atoms with Gasteiger partial charge >= 0.3 is 0 Å². The third-order valence-corrected chi connectivity index (χ3v) is 5.90. The molecule has 0 saturated carbocycles. The number of hydrogen-bond acceptors (Lipinski definition) is 4. The highest BCUT2D eigenvalue weighted by molar-refractivity contribution is 5.94. The molecule has 136 valence electrons. The fraction of sp³-hybridized carbons (Fsp3) is 0.650. The minimum Gasteiger partial charge on any atom is -0.378 e. The number of morpholine rings is 1. The van der Waals surface area contributed by atoms with Crippen LogP contribution in [0.15, 0.2) is 24.3 Å². The fourth-order valence-electron chi connectivity index (χ4n) is 4.36. The molecule has 1 aromatic carbocycles. The van der Waals surface area contributed by atoms with Crippen LogP contribution in [-0.2, 0) is 4.74 Å². The largest absolute Gasteiger partial charge is 0.378 e. The first-order chi connectivity index (χ1) is 12.3. The van der Waals surface area contributed by atoms with Crippen molar-refractivity contribution in [3.8, 4) is 0 Å². The minimum atomic E-state index is 0.127. The first kappa shape index (κ1) is 16.9. The van der Waals surface area contributed by atoms with Gasteiger partial charge in [0.15, 0.2) is 0 Å². The van der Waals surface area contributed by atoms with E-state index in [0.717, 1.165) is 24.7 Å². The Balaban J connectivity index is 1.33. The zero-order valence-electron chi connectivity index (χ0n) is 15.0. The second-order valence-corrected chi connectivity index (χ2v) is 7.41. The van der Waals surface area contributed by atoms with E-state index in [1.807, 2.05) is 17.0 Å². The van der Waals surface area contributed by atoms with Gasteiger partial charge in [0.1, 0.15) is 0 Å². The van der Waals surface area contributed by atoms with Crippen molar-refractivity contribution in [1.29, 1.82) is 0 Å². The quantitative estimate of drug-likeness (QED) is 0.843. The second kappa shape index (κ2) is 7.75. The van der Waals surface area contributed by atoms with Crippen molar-refractivity contribution in [3.05, 3.63) is 29.8 Å². The molecule has 3 aliphatic rings. The van der Waals surface area contributed by atoms with E-state index in [1.165, 1.54) is 44.5 Å². The third-order valence-electron chi connectivity index (χ3n) is 5.90. The average Bonchev–Trinajstić information content (AvgIpc) is 3.23. The predicted octanol–water partition coefficient (Wildman–Crippen LogP) is 2.22. The second-order valence-electron chi connectivity index (χ2n) is 7.41. The number of piperidine rings is 1. The Labute approximate surface area is 150 Å². The molecule has 0 aliphatic carbocycles. The molecule has 0 atom stereocenters. The monoisotopic (exact) mass is 343 g/mol. The maximum Gasteiger partial charge on any atom is 0.254 e. The number of carbonyl (C=O) groups is 1. The van der Waals surface area contributed by atoms with Crippen molar-refractivity contribution in [1.82, 2.24) is 9.80 Å². The number of ether oxygens (including phenoxy) is 1. The summed E-state index contributed by atoms with van der Waals surface area (Å²) in [6.45, 7) is 7.53. The lowest BCUT2D eigenvalue weighted by Crippen LogP contribution is -2.43. The van der Waals surface area contributed by atoms with Crippen LogP contribution in [0.25, 0.3) is 0 Å². The summed E-state index contributed by atoms with van der Waals surface area (Å²) >= 11 is 0. The van der Waals surface area contributed by atoms with E-state index in [9.17, 15) is 4.79 Å². The van der Waals surface area contributed by atoms with E-state index in [4.69, 9.17) is 4.74 Å². The van der Waals surface area contributed by atoms with Crippen molar-refractivity contribution in [3.63, 3.8) is 0 Å². The summed E-state index contributed by atoms with van der Waals surface area (Å²) in [6.07, 6.45) is 5.26. The maximum absolute atomic E-state index is 12.5. The molecule has 1 aromatic rings. The summed E-state index contributed by atoms with van der Waals surface area (Å²) in [5, 5.41) is 0. The molecule has 0 aromatic heterocycles. The van der Waals surface area contributed by atoms with Crippen molar-refractivity contribution >= 4 is 11.6 Å². The Hall–Kier alpha value is -1.59. The van der Waals surface area contributed by atoms with Crippen LogP contribution in [0.3, 0.4) is 0 Å². The van der Waals surface area contributed by atoms with E-state index in [0.29, 0.717) is 26.3 Å². The van der Waals surface area contributed by atoms with E-state index >= 15 is 0 Å². The van der Waals surface area contributed by atoms with Crippen LogP contribution in [0.4, 0.5) is 5.69 Å². The minimum absolute atomic E-state index is 0.127. The van der Waals surface area contributed by atoms with Gasteiger partial charge in [0.25, 0.3) is 5.91 Å². The lowest BCUT2D eigenvalue weighted by molar-refractivity contribution is 0.0303. The molecule has 5 heteroatoms. The van der Waals surface area contributed by atoms with Gasteiger partial charge in [-0.2, -0.15) is 0 Å². The van der Waals surface area contributed by atoms with Crippen LogP contribution < -0.4 is 4.90 Å². The standard InChI is InChI=1S/C20H29N3O2/c24-20(23-13-15-25-16-14-23)17-3-5-18(6-4-17)22-11-7-19(8-12-22)21-9-1-2-10-21/h3-6,19H,1-2,7-16H2. The molecule has 3 heterocycles. The highest BCUT2D eigenvalue weighted by Crippen LogP contribution is 2.25. The van der Waals surface area contributed by atoms with Crippen molar-refractivity contribution in [2.45, 2.75) is 31.7 Å². The summed E-state index contributed by atoms with van der Waals surface area (Å²) in [4.78, 5) is 19.6. The molecule has 25 heavy (non-hydrogen) atoms. The highest BCUT2D eigenvalue weighted by Gasteiger charge is 2.26. The first-order valence-corrected chi connectivity index (χ1v) is 9.77. The highest BCUT2D eigenvalue weighted by atomic mass is 16.5.